The number of hydrogen-bond acceptors (Lipinski definition) is 4. The Hall–Kier alpha value is -2.01. The highest BCUT2D eigenvalue weighted by Crippen LogP contribution is 2.19. The SMILES string of the molecule is Fc1ccc(-c2ccnc(N3CCOCC3)n2)cc1. The second kappa shape index (κ2) is 5.32. The van der Waals surface area contributed by atoms with Crippen LogP contribution in [-0.4, -0.2) is 36.3 Å². The number of halogens is 1. The Balaban J connectivity index is 1.88. The van der Waals surface area contributed by atoms with Crippen LogP contribution in [0.2, 0.25) is 0 Å². The Morgan fingerprint density at radius 1 is 1.05 bits per heavy atom. The number of anilines is 1. The molecule has 0 saturated carbocycles. The zero-order valence-corrected chi connectivity index (χ0v) is 10.4. The molecule has 0 radical (unpaired) electrons. The molecule has 4 nitrogen and oxygen atoms in total. The molecule has 5 heteroatoms. The van der Waals surface area contributed by atoms with Crippen LogP contribution in [0.3, 0.4) is 0 Å². The van der Waals surface area contributed by atoms with Gasteiger partial charge in [0.1, 0.15) is 5.82 Å². The summed E-state index contributed by atoms with van der Waals surface area (Å²) < 4.78 is 18.2. The highest BCUT2D eigenvalue weighted by atomic mass is 19.1. The zero-order valence-electron chi connectivity index (χ0n) is 10.4. The van der Waals surface area contributed by atoms with Crippen molar-refractivity contribution in [2.75, 3.05) is 31.2 Å². The van der Waals surface area contributed by atoms with E-state index < -0.39 is 0 Å². The van der Waals surface area contributed by atoms with E-state index in [2.05, 4.69) is 14.9 Å². The second-order valence-electron chi connectivity index (χ2n) is 4.35. The van der Waals surface area contributed by atoms with Crippen LogP contribution in [0.25, 0.3) is 11.3 Å². The summed E-state index contributed by atoms with van der Waals surface area (Å²) in [7, 11) is 0. The van der Waals surface area contributed by atoms with E-state index in [1.54, 1.807) is 18.3 Å². The Kier molecular flexibility index (Phi) is 3.37. The second-order valence-corrected chi connectivity index (χ2v) is 4.35. The molecule has 0 atom stereocenters. The predicted octanol–water partition coefficient (Wildman–Crippen LogP) is 2.12. The molecule has 0 bridgehead atoms. The largest absolute Gasteiger partial charge is 0.378 e. The van der Waals surface area contributed by atoms with E-state index in [9.17, 15) is 4.39 Å². The fourth-order valence-corrected chi connectivity index (χ4v) is 2.05. The molecule has 19 heavy (non-hydrogen) atoms. The topological polar surface area (TPSA) is 38.2 Å². The molecule has 0 spiro atoms. The van der Waals surface area contributed by atoms with Crippen LogP contribution in [0.1, 0.15) is 0 Å². The first-order valence-electron chi connectivity index (χ1n) is 6.24. The molecule has 0 amide bonds. The van der Waals surface area contributed by atoms with Gasteiger partial charge in [-0.05, 0) is 30.3 Å². The van der Waals surface area contributed by atoms with Gasteiger partial charge < -0.3 is 9.64 Å². The first-order valence-corrected chi connectivity index (χ1v) is 6.24. The average molecular weight is 259 g/mol. The number of ether oxygens (including phenoxy) is 1. The summed E-state index contributed by atoms with van der Waals surface area (Å²) >= 11 is 0. The van der Waals surface area contributed by atoms with Gasteiger partial charge in [-0.1, -0.05) is 0 Å². The van der Waals surface area contributed by atoms with Crippen LogP contribution >= 0.6 is 0 Å². The highest BCUT2D eigenvalue weighted by Gasteiger charge is 2.14. The first-order chi connectivity index (χ1) is 9.33. The van der Waals surface area contributed by atoms with Crippen molar-refractivity contribution >= 4 is 5.95 Å². The molecule has 1 aromatic carbocycles. The van der Waals surface area contributed by atoms with Crippen molar-refractivity contribution in [3.63, 3.8) is 0 Å². The molecule has 0 aliphatic carbocycles. The molecular formula is C14H14FN3O. The molecule has 1 aliphatic heterocycles. The first kappa shape index (κ1) is 12.0. The van der Waals surface area contributed by atoms with E-state index in [1.807, 2.05) is 6.07 Å². The van der Waals surface area contributed by atoms with Gasteiger partial charge in [-0.3, -0.25) is 0 Å². The van der Waals surface area contributed by atoms with Crippen LogP contribution in [0.5, 0.6) is 0 Å². The summed E-state index contributed by atoms with van der Waals surface area (Å²) in [5, 5.41) is 0. The summed E-state index contributed by atoms with van der Waals surface area (Å²) in [6.07, 6.45) is 1.73. The van der Waals surface area contributed by atoms with Gasteiger partial charge in [0.15, 0.2) is 0 Å². The number of aromatic nitrogens is 2. The van der Waals surface area contributed by atoms with E-state index in [-0.39, 0.29) is 5.82 Å². The normalized spacial score (nSPS) is 15.5. The summed E-state index contributed by atoms with van der Waals surface area (Å²) in [5.74, 6) is 0.455. The van der Waals surface area contributed by atoms with Crippen molar-refractivity contribution < 1.29 is 9.13 Å². The zero-order chi connectivity index (χ0) is 13.1. The van der Waals surface area contributed by atoms with Gasteiger partial charge in [-0.15, -0.1) is 0 Å². The standard InChI is InChI=1S/C14H14FN3O/c15-12-3-1-11(2-4-12)13-5-6-16-14(17-13)18-7-9-19-10-8-18/h1-6H,7-10H2. The molecule has 0 N–H and O–H groups in total. The quantitative estimate of drug-likeness (QED) is 0.828. The summed E-state index contributed by atoms with van der Waals surface area (Å²) in [5.41, 5.74) is 1.69. The molecular weight excluding hydrogens is 245 g/mol. The van der Waals surface area contributed by atoms with Gasteiger partial charge >= 0.3 is 0 Å². The number of rotatable bonds is 2. The number of nitrogens with zero attached hydrogens (tertiary/aromatic N) is 3. The Labute approximate surface area is 110 Å². The maximum atomic E-state index is 12.9. The Bertz CT molecular complexity index is 553. The smallest absolute Gasteiger partial charge is 0.226 e. The molecule has 1 aliphatic rings. The van der Waals surface area contributed by atoms with Gasteiger partial charge in [0.2, 0.25) is 5.95 Å². The van der Waals surface area contributed by atoms with Crippen LogP contribution in [-0.2, 0) is 4.74 Å². The van der Waals surface area contributed by atoms with Crippen LogP contribution in [0.4, 0.5) is 10.3 Å². The lowest BCUT2D eigenvalue weighted by Gasteiger charge is -2.26. The Morgan fingerprint density at radius 2 is 1.79 bits per heavy atom. The lowest BCUT2D eigenvalue weighted by molar-refractivity contribution is 0.122. The van der Waals surface area contributed by atoms with Gasteiger partial charge in [-0.2, -0.15) is 0 Å². The van der Waals surface area contributed by atoms with Crippen molar-refractivity contribution in [1.29, 1.82) is 0 Å². The van der Waals surface area contributed by atoms with Gasteiger partial charge in [0.05, 0.1) is 18.9 Å². The minimum atomic E-state index is -0.244. The van der Waals surface area contributed by atoms with Gasteiger partial charge in [-0.25, -0.2) is 14.4 Å². The van der Waals surface area contributed by atoms with Crippen LogP contribution in [0, 0.1) is 5.82 Å². The molecule has 98 valence electrons. The fourth-order valence-electron chi connectivity index (χ4n) is 2.05. The molecule has 2 aromatic rings. The summed E-state index contributed by atoms with van der Waals surface area (Å²) in [6, 6.07) is 8.15. The lowest BCUT2D eigenvalue weighted by atomic mass is 10.1. The summed E-state index contributed by atoms with van der Waals surface area (Å²) in [6.45, 7) is 2.99. The third-order valence-corrected chi connectivity index (χ3v) is 3.08. The van der Waals surface area contributed by atoms with Crippen molar-refractivity contribution in [1.82, 2.24) is 9.97 Å². The van der Waals surface area contributed by atoms with Crippen molar-refractivity contribution in [3.8, 4) is 11.3 Å². The van der Waals surface area contributed by atoms with Crippen molar-refractivity contribution in [3.05, 3.63) is 42.3 Å². The molecule has 1 fully saturated rings. The number of hydrogen-bond donors (Lipinski definition) is 0. The highest BCUT2D eigenvalue weighted by molar-refractivity contribution is 5.60. The van der Waals surface area contributed by atoms with E-state index in [0.717, 1.165) is 24.3 Å². The summed E-state index contributed by atoms with van der Waals surface area (Å²) in [4.78, 5) is 10.9. The van der Waals surface area contributed by atoms with Crippen molar-refractivity contribution in [2.45, 2.75) is 0 Å². The molecule has 3 rings (SSSR count). The van der Waals surface area contributed by atoms with Crippen molar-refractivity contribution in [2.24, 2.45) is 0 Å². The van der Waals surface area contributed by atoms with Crippen LogP contribution < -0.4 is 4.90 Å². The van der Waals surface area contributed by atoms with E-state index in [0.29, 0.717) is 19.2 Å². The fraction of sp³-hybridized carbons (Fsp3) is 0.286. The minimum Gasteiger partial charge on any atom is -0.378 e. The lowest BCUT2D eigenvalue weighted by Crippen LogP contribution is -2.37. The van der Waals surface area contributed by atoms with E-state index in [1.165, 1.54) is 12.1 Å². The van der Waals surface area contributed by atoms with Gasteiger partial charge in [0.25, 0.3) is 0 Å². The predicted molar refractivity (Wildman–Crippen MR) is 70.5 cm³/mol. The van der Waals surface area contributed by atoms with Crippen LogP contribution in [0.15, 0.2) is 36.5 Å². The monoisotopic (exact) mass is 259 g/mol. The number of benzene rings is 1. The third-order valence-electron chi connectivity index (χ3n) is 3.08. The van der Waals surface area contributed by atoms with E-state index >= 15 is 0 Å². The average Bonchev–Trinajstić information content (AvgIpc) is 2.49. The molecule has 1 aromatic heterocycles. The molecule has 1 saturated heterocycles. The third kappa shape index (κ3) is 2.71. The van der Waals surface area contributed by atoms with Gasteiger partial charge in [0, 0.05) is 24.8 Å². The Morgan fingerprint density at radius 3 is 2.53 bits per heavy atom. The number of morpholine rings is 1. The van der Waals surface area contributed by atoms with E-state index in [4.69, 9.17) is 4.74 Å². The maximum Gasteiger partial charge on any atom is 0.226 e. The minimum absolute atomic E-state index is 0.244. The maximum absolute atomic E-state index is 12.9. The molecule has 2 heterocycles. The molecule has 0 unspecified atom stereocenters.